The van der Waals surface area contributed by atoms with Crippen molar-refractivity contribution >= 4 is 33.0 Å². The molecule has 2 amide bonds. The van der Waals surface area contributed by atoms with E-state index in [4.69, 9.17) is 4.74 Å². The summed E-state index contributed by atoms with van der Waals surface area (Å²) in [4.78, 5) is 26.0. The molecule has 2 aromatic carbocycles. The number of nitrogens with one attached hydrogen (secondary N) is 1. The van der Waals surface area contributed by atoms with Crippen LogP contribution in [0, 0.1) is 6.92 Å². The zero-order valence-electron chi connectivity index (χ0n) is 17.6. The van der Waals surface area contributed by atoms with Crippen LogP contribution in [0.4, 0.5) is 11.4 Å². The second-order valence-electron chi connectivity index (χ2n) is 7.52. The van der Waals surface area contributed by atoms with Crippen molar-refractivity contribution in [1.82, 2.24) is 0 Å². The van der Waals surface area contributed by atoms with Gasteiger partial charge in [0.05, 0.1) is 22.9 Å². The van der Waals surface area contributed by atoms with Gasteiger partial charge in [0.1, 0.15) is 5.75 Å². The zero-order valence-corrected chi connectivity index (χ0v) is 18.4. The molecule has 7 nitrogen and oxygen atoms in total. The summed E-state index contributed by atoms with van der Waals surface area (Å²) in [6.45, 7) is 5.45. The molecule has 0 spiro atoms. The molecule has 1 heterocycles. The summed E-state index contributed by atoms with van der Waals surface area (Å²) in [5.41, 5.74) is 3.03. The van der Waals surface area contributed by atoms with E-state index in [9.17, 15) is 18.0 Å². The Hall–Kier alpha value is -2.87. The number of hydrogen-bond donors (Lipinski definition) is 1. The summed E-state index contributed by atoms with van der Waals surface area (Å²) in [6, 6.07) is 10.2. The van der Waals surface area contributed by atoms with E-state index < -0.39 is 21.0 Å². The van der Waals surface area contributed by atoms with Crippen molar-refractivity contribution in [3.8, 4) is 5.75 Å². The third-order valence-corrected chi connectivity index (χ3v) is 7.42. The predicted octanol–water partition coefficient (Wildman–Crippen LogP) is 3.10. The first-order valence-corrected chi connectivity index (χ1v) is 11.3. The van der Waals surface area contributed by atoms with Crippen molar-refractivity contribution in [1.29, 1.82) is 0 Å². The van der Waals surface area contributed by atoms with Gasteiger partial charge in [-0.3, -0.25) is 9.59 Å². The van der Waals surface area contributed by atoms with Gasteiger partial charge in [0, 0.05) is 25.6 Å². The maximum absolute atomic E-state index is 13.0. The number of aryl methyl sites for hydroxylation is 1. The average Bonchev–Trinajstić information content (AvgIpc) is 3.11. The number of benzene rings is 2. The van der Waals surface area contributed by atoms with Crippen molar-refractivity contribution < 1.29 is 22.7 Å². The van der Waals surface area contributed by atoms with Crippen LogP contribution in [0.3, 0.4) is 0 Å². The molecule has 1 atom stereocenters. The molecule has 0 saturated carbocycles. The topological polar surface area (TPSA) is 92.8 Å². The lowest BCUT2D eigenvalue weighted by molar-refractivity contribution is -0.117. The molecule has 1 aliphatic heterocycles. The van der Waals surface area contributed by atoms with E-state index in [1.54, 1.807) is 29.2 Å². The molecule has 0 aliphatic carbocycles. The second-order valence-corrected chi connectivity index (χ2v) is 9.89. The normalized spacial score (nSPS) is 14.2. The van der Waals surface area contributed by atoms with E-state index in [1.807, 2.05) is 13.0 Å². The number of methoxy groups -OCH3 is 1. The summed E-state index contributed by atoms with van der Waals surface area (Å²) < 4.78 is 31.3. The Labute approximate surface area is 177 Å². The van der Waals surface area contributed by atoms with E-state index in [0.717, 1.165) is 16.8 Å². The van der Waals surface area contributed by atoms with Crippen molar-refractivity contribution in [2.75, 3.05) is 23.9 Å². The first kappa shape index (κ1) is 21.8. The average molecular weight is 431 g/mol. The highest BCUT2D eigenvalue weighted by molar-refractivity contribution is 7.92. The van der Waals surface area contributed by atoms with Gasteiger partial charge in [-0.25, -0.2) is 8.42 Å². The van der Waals surface area contributed by atoms with Crippen LogP contribution < -0.4 is 15.0 Å². The number of anilines is 2. The van der Waals surface area contributed by atoms with Crippen LogP contribution in [0.1, 0.15) is 31.4 Å². The molecule has 8 heteroatoms. The summed E-state index contributed by atoms with van der Waals surface area (Å²) in [5.74, 6) is 0.0398. The third-order valence-electron chi connectivity index (χ3n) is 5.29. The van der Waals surface area contributed by atoms with Crippen molar-refractivity contribution in [2.24, 2.45) is 0 Å². The van der Waals surface area contributed by atoms with Gasteiger partial charge >= 0.3 is 0 Å². The van der Waals surface area contributed by atoms with E-state index in [1.165, 1.54) is 27.0 Å². The molecule has 0 unspecified atom stereocenters. The van der Waals surface area contributed by atoms with Gasteiger partial charge in [-0.15, -0.1) is 0 Å². The summed E-state index contributed by atoms with van der Waals surface area (Å²) >= 11 is 0. The number of rotatable bonds is 6. The lowest BCUT2D eigenvalue weighted by Crippen LogP contribution is -2.26. The largest absolute Gasteiger partial charge is 0.495 e. The molecule has 2 aromatic rings. The summed E-state index contributed by atoms with van der Waals surface area (Å²) in [7, 11) is -2.20. The molecule has 0 radical (unpaired) electrons. The van der Waals surface area contributed by atoms with Crippen LogP contribution in [0.25, 0.3) is 0 Å². The molecule has 0 bridgehead atoms. The molecule has 30 heavy (non-hydrogen) atoms. The fraction of sp³-hybridized carbons (Fsp3) is 0.364. The Bertz CT molecular complexity index is 1090. The molecule has 160 valence electrons. The molecule has 0 saturated heterocycles. The molecule has 1 N–H and O–H groups in total. The summed E-state index contributed by atoms with van der Waals surface area (Å²) in [5, 5.41) is 1.84. The Kier molecular flexibility index (Phi) is 6.17. The van der Waals surface area contributed by atoms with Crippen molar-refractivity contribution in [3.05, 3.63) is 47.5 Å². The molecular weight excluding hydrogens is 404 g/mol. The zero-order chi connectivity index (χ0) is 22.1. The van der Waals surface area contributed by atoms with Crippen LogP contribution in [0.5, 0.6) is 5.75 Å². The first-order chi connectivity index (χ1) is 14.1. The minimum atomic E-state index is -3.71. The third kappa shape index (κ3) is 4.33. The van der Waals surface area contributed by atoms with E-state index in [2.05, 4.69) is 5.32 Å². The maximum Gasteiger partial charge on any atom is 0.225 e. The van der Waals surface area contributed by atoms with Gasteiger partial charge < -0.3 is 15.0 Å². The number of fused-ring (bicyclic) bond motifs is 1. The number of carbonyl (C=O) groups is 2. The van der Waals surface area contributed by atoms with Gasteiger partial charge in [-0.2, -0.15) is 0 Å². The summed E-state index contributed by atoms with van der Waals surface area (Å²) in [6.07, 6.45) is 0.427. The molecule has 0 fully saturated rings. The Morgan fingerprint density at radius 3 is 2.60 bits per heavy atom. The Morgan fingerprint density at radius 1 is 1.20 bits per heavy atom. The van der Waals surface area contributed by atoms with Crippen LogP contribution >= 0.6 is 0 Å². The number of carbonyl (C=O) groups excluding carboxylic acids is 2. The molecule has 0 aromatic heterocycles. The monoisotopic (exact) mass is 430 g/mol. The quantitative estimate of drug-likeness (QED) is 0.760. The number of amides is 2. The lowest BCUT2D eigenvalue weighted by Gasteiger charge is -2.17. The highest BCUT2D eigenvalue weighted by Gasteiger charge is 2.29. The van der Waals surface area contributed by atoms with E-state index in [0.29, 0.717) is 24.4 Å². The minimum absolute atomic E-state index is 0.0685. The van der Waals surface area contributed by atoms with Crippen molar-refractivity contribution in [2.45, 2.75) is 43.8 Å². The number of sulfone groups is 1. The minimum Gasteiger partial charge on any atom is -0.495 e. The van der Waals surface area contributed by atoms with Gasteiger partial charge in [0.15, 0.2) is 9.84 Å². The van der Waals surface area contributed by atoms with E-state index >= 15 is 0 Å². The highest BCUT2D eigenvalue weighted by atomic mass is 32.2. The van der Waals surface area contributed by atoms with E-state index in [-0.39, 0.29) is 17.2 Å². The van der Waals surface area contributed by atoms with Gasteiger partial charge in [0.25, 0.3) is 0 Å². The maximum atomic E-state index is 13.0. The first-order valence-electron chi connectivity index (χ1n) is 9.73. The fourth-order valence-corrected chi connectivity index (χ4v) is 5.01. The smallest absolute Gasteiger partial charge is 0.225 e. The molecule has 1 aliphatic rings. The number of ether oxygens (including phenoxy) is 1. The standard InChI is InChI=1S/C22H26N2O5S/c1-14-5-8-21(29-4)19(11-14)23-22(26)12-15(2)30(27,28)18-6-7-20-17(13-18)9-10-24(20)16(3)25/h5-8,11,13,15H,9-10,12H2,1-4H3,(H,23,26)/t15-/m1/s1. The van der Waals surface area contributed by atoms with Gasteiger partial charge in [-0.1, -0.05) is 6.07 Å². The van der Waals surface area contributed by atoms with Crippen LogP contribution in [-0.4, -0.2) is 39.1 Å². The number of nitrogens with zero attached hydrogens (tertiary/aromatic N) is 1. The Morgan fingerprint density at radius 2 is 1.93 bits per heavy atom. The fourth-order valence-electron chi connectivity index (χ4n) is 3.61. The van der Waals surface area contributed by atoms with Gasteiger partial charge in [-0.05, 0) is 61.7 Å². The Balaban J connectivity index is 1.75. The predicted molar refractivity (Wildman–Crippen MR) is 116 cm³/mol. The number of hydrogen-bond acceptors (Lipinski definition) is 5. The lowest BCUT2D eigenvalue weighted by atomic mass is 10.2. The van der Waals surface area contributed by atoms with Crippen LogP contribution in [0.15, 0.2) is 41.3 Å². The van der Waals surface area contributed by atoms with Crippen LogP contribution in [-0.2, 0) is 25.8 Å². The molecular formula is C22H26N2O5S. The second kappa shape index (κ2) is 8.47. The molecule has 3 rings (SSSR count). The van der Waals surface area contributed by atoms with Crippen LogP contribution in [0.2, 0.25) is 0 Å². The van der Waals surface area contributed by atoms with Crippen molar-refractivity contribution in [3.63, 3.8) is 0 Å². The SMILES string of the molecule is COc1ccc(C)cc1NC(=O)C[C@@H](C)S(=O)(=O)c1ccc2c(c1)CCN2C(C)=O. The van der Waals surface area contributed by atoms with Gasteiger partial charge in [0.2, 0.25) is 11.8 Å². The highest BCUT2D eigenvalue weighted by Crippen LogP contribution is 2.32.